The van der Waals surface area contributed by atoms with Gasteiger partial charge in [0.2, 0.25) is 0 Å². The van der Waals surface area contributed by atoms with Crippen LogP contribution in [0.25, 0.3) is 120 Å². The summed E-state index contributed by atoms with van der Waals surface area (Å²) in [6, 6.07) is 75.9. The molecule has 0 fully saturated rings. The molecule has 12 rings (SSSR count). The number of nitrogens with zero attached hydrogens (tertiary/aromatic N) is 3. The molecular weight excluding hydrogens is 759 g/mol. The number of thiophene rings is 1. The first-order chi connectivity index (χ1) is 30.2. The standard InChI is InChI=1S/C57H35N3S/c1-3-15-36(16-4-1)38-19-13-20-42(34-38)55-58-56(60-57(59-55)50-27-14-26-49-44-21-11-12-28-51(44)61-54(49)50)43-32-30-39-33-41(31-29-40(39)35-43)53-47-24-9-7-22-45(47)52(37-17-5-2-6-18-37)46-23-8-10-25-48(46)53/h1-35H. The van der Waals surface area contributed by atoms with Crippen molar-refractivity contribution in [1.82, 2.24) is 15.0 Å². The van der Waals surface area contributed by atoms with E-state index in [1.807, 2.05) is 6.07 Å². The monoisotopic (exact) mass is 793 g/mol. The molecule has 0 radical (unpaired) electrons. The lowest BCUT2D eigenvalue weighted by Crippen LogP contribution is -2.00. The fourth-order valence-electron chi connectivity index (χ4n) is 9.04. The smallest absolute Gasteiger partial charge is 0.165 e. The predicted molar refractivity (Wildman–Crippen MR) is 258 cm³/mol. The molecule has 0 aliphatic heterocycles. The largest absolute Gasteiger partial charge is 0.208 e. The van der Waals surface area contributed by atoms with Gasteiger partial charge >= 0.3 is 0 Å². The molecule has 0 unspecified atom stereocenters. The third-order valence-electron chi connectivity index (χ3n) is 11.9. The van der Waals surface area contributed by atoms with Crippen molar-refractivity contribution in [3.8, 4) is 67.5 Å². The summed E-state index contributed by atoms with van der Waals surface area (Å²) >= 11 is 1.79. The van der Waals surface area contributed by atoms with Crippen LogP contribution in [0.2, 0.25) is 0 Å². The molecule has 0 atom stereocenters. The van der Waals surface area contributed by atoms with Gasteiger partial charge in [-0.25, -0.2) is 15.0 Å². The highest BCUT2D eigenvalue weighted by molar-refractivity contribution is 7.26. The van der Waals surface area contributed by atoms with E-state index in [4.69, 9.17) is 15.0 Å². The van der Waals surface area contributed by atoms with E-state index < -0.39 is 0 Å². The van der Waals surface area contributed by atoms with Crippen molar-refractivity contribution in [1.29, 1.82) is 0 Å². The highest BCUT2D eigenvalue weighted by Crippen LogP contribution is 2.45. The van der Waals surface area contributed by atoms with Crippen LogP contribution >= 0.6 is 11.3 Å². The van der Waals surface area contributed by atoms with Crippen LogP contribution in [-0.2, 0) is 0 Å². The van der Waals surface area contributed by atoms with Gasteiger partial charge in [0, 0.05) is 36.9 Å². The van der Waals surface area contributed by atoms with Crippen molar-refractivity contribution in [3.05, 3.63) is 212 Å². The van der Waals surface area contributed by atoms with E-state index in [1.54, 1.807) is 11.3 Å². The number of hydrogen-bond acceptors (Lipinski definition) is 4. The fourth-order valence-corrected chi connectivity index (χ4v) is 10.3. The van der Waals surface area contributed by atoms with Gasteiger partial charge in [0.05, 0.1) is 0 Å². The van der Waals surface area contributed by atoms with Gasteiger partial charge in [-0.05, 0) is 96.0 Å². The van der Waals surface area contributed by atoms with Crippen LogP contribution < -0.4 is 0 Å². The van der Waals surface area contributed by atoms with E-state index in [0.29, 0.717) is 17.5 Å². The van der Waals surface area contributed by atoms with Crippen molar-refractivity contribution in [2.45, 2.75) is 0 Å². The molecule has 2 aromatic heterocycles. The molecule has 0 saturated heterocycles. The van der Waals surface area contributed by atoms with Crippen LogP contribution in [-0.4, -0.2) is 15.0 Å². The van der Waals surface area contributed by atoms with Crippen LogP contribution in [0, 0.1) is 0 Å². The molecule has 10 aromatic carbocycles. The first-order valence-electron chi connectivity index (χ1n) is 20.6. The Kier molecular flexibility index (Phi) is 8.36. The molecule has 0 amide bonds. The third-order valence-corrected chi connectivity index (χ3v) is 13.1. The zero-order valence-electron chi connectivity index (χ0n) is 33.0. The zero-order valence-corrected chi connectivity index (χ0v) is 33.8. The number of fused-ring (bicyclic) bond motifs is 6. The second-order valence-corrected chi connectivity index (χ2v) is 16.6. The maximum Gasteiger partial charge on any atom is 0.165 e. The summed E-state index contributed by atoms with van der Waals surface area (Å²) in [5.41, 5.74) is 10.1. The SMILES string of the molecule is c1ccc(-c2cccc(-c3nc(-c4ccc5cc(-c6c7ccccc7c(-c7ccccc7)c7ccccc67)ccc5c4)nc(-c4cccc5c4sc4ccccc45)n3)c2)cc1. The average Bonchev–Trinajstić information content (AvgIpc) is 3.72. The Bertz CT molecular complexity index is 3590. The molecule has 4 heteroatoms. The van der Waals surface area contributed by atoms with Gasteiger partial charge in [0.25, 0.3) is 0 Å². The van der Waals surface area contributed by atoms with Crippen molar-refractivity contribution in [2.24, 2.45) is 0 Å². The maximum atomic E-state index is 5.26. The Hall–Kier alpha value is -7.79. The van der Waals surface area contributed by atoms with E-state index in [9.17, 15) is 0 Å². The molecule has 0 spiro atoms. The molecule has 61 heavy (non-hydrogen) atoms. The Balaban J connectivity index is 1.02. The van der Waals surface area contributed by atoms with E-state index in [2.05, 4.69) is 206 Å². The van der Waals surface area contributed by atoms with Crippen molar-refractivity contribution in [3.63, 3.8) is 0 Å². The van der Waals surface area contributed by atoms with Gasteiger partial charge in [-0.15, -0.1) is 11.3 Å². The molecule has 0 aliphatic carbocycles. The first kappa shape index (κ1) is 35.2. The summed E-state index contributed by atoms with van der Waals surface area (Å²) in [5, 5.41) is 9.72. The lowest BCUT2D eigenvalue weighted by Gasteiger charge is -2.18. The van der Waals surface area contributed by atoms with Crippen LogP contribution in [0.15, 0.2) is 212 Å². The van der Waals surface area contributed by atoms with Crippen molar-refractivity contribution < 1.29 is 0 Å². The van der Waals surface area contributed by atoms with E-state index in [0.717, 1.165) is 38.6 Å². The van der Waals surface area contributed by atoms with Gasteiger partial charge < -0.3 is 0 Å². The Labute approximate surface area is 356 Å². The molecule has 2 heterocycles. The number of aromatic nitrogens is 3. The minimum absolute atomic E-state index is 0.641. The van der Waals surface area contributed by atoms with E-state index in [1.165, 1.54) is 64.0 Å². The van der Waals surface area contributed by atoms with E-state index >= 15 is 0 Å². The maximum absolute atomic E-state index is 5.26. The second-order valence-electron chi connectivity index (χ2n) is 15.5. The van der Waals surface area contributed by atoms with Crippen molar-refractivity contribution in [2.75, 3.05) is 0 Å². The summed E-state index contributed by atoms with van der Waals surface area (Å²) in [6.07, 6.45) is 0. The predicted octanol–water partition coefficient (Wildman–Crippen LogP) is 15.7. The number of rotatable bonds is 6. The second kappa shape index (κ2) is 14.5. The molecule has 0 saturated carbocycles. The zero-order chi connectivity index (χ0) is 40.3. The molecule has 0 N–H and O–H groups in total. The third kappa shape index (κ3) is 6.07. The summed E-state index contributed by atoms with van der Waals surface area (Å²) in [6.45, 7) is 0. The highest BCUT2D eigenvalue weighted by atomic mass is 32.1. The Morgan fingerprint density at radius 2 is 0.738 bits per heavy atom. The average molecular weight is 794 g/mol. The Morgan fingerprint density at radius 3 is 1.41 bits per heavy atom. The first-order valence-corrected chi connectivity index (χ1v) is 21.4. The number of hydrogen-bond donors (Lipinski definition) is 0. The molecular formula is C57H35N3S. The summed E-state index contributed by atoms with van der Waals surface area (Å²) in [4.78, 5) is 15.7. The molecule has 284 valence electrons. The summed E-state index contributed by atoms with van der Waals surface area (Å²) in [7, 11) is 0. The molecule has 3 nitrogen and oxygen atoms in total. The van der Waals surface area contributed by atoms with Gasteiger partial charge in [-0.2, -0.15) is 0 Å². The molecule has 0 bridgehead atoms. The Morgan fingerprint density at radius 1 is 0.279 bits per heavy atom. The van der Waals surface area contributed by atoms with Gasteiger partial charge in [0.1, 0.15) is 0 Å². The lowest BCUT2D eigenvalue weighted by atomic mass is 9.85. The van der Waals surface area contributed by atoms with Crippen molar-refractivity contribution >= 4 is 63.8 Å². The molecule has 12 aromatic rings. The minimum Gasteiger partial charge on any atom is -0.208 e. The summed E-state index contributed by atoms with van der Waals surface area (Å²) < 4.78 is 2.42. The van der Waals surface area contributed by atoms with Crippen LogP contribution in [0.5, 0.6) is 0 Å². The van der Waals surface area contributed by atoms with Crippen LogP contribution in [0.3, 0.4) is 0 Å². The quantitative estimate of drug-likeness (QED) is 0.157. The lowest BCUT2D eigenvalue weighted by molar-refractivity contribution is 1.08. The van der Waals surface area contributed by atoms with Gasteiger partial charge in [-0.1, -0.05) is 182 Å². The van der Waals surface area contributed by atoms with Gasteiger partial charge in [-0.3, -0.25) is 0 Å². The van der Waals surface area contributed by atoms with Crippen LogP contribution in [0.1, 0.15) is 0 Å². The topological polar surface area (TPSA) is 38.7 Å². The fraction of sp³-hybridized carbons (Fsp3) is 0. The molecule has 0 aliphatic rings. The van der Waals surface area contributed by atoms with E-state index in [-0.39, 0.29) is 0 Å². The van der Waals surface area contributed by atoms with Crippen LogP contribution in [0.4, 0.5) is 0 Å². The number of benzene rings is 10. The summed E-state index contributed by atoms with van der Waals surface area (Å²) in [5.74, 6) is 1.95. The minimum atomic E-state index is 0.641. The van der Waals surface area contributed by atoms with Gasteiger partial charge in [0.15, 0.2) is 17.5 Å². The normalized spacial score (nSPS) is 11.6. The highest BCUT2D eigenvalue weighted by Gasteiger charge is 2.19.